The highest BCUT2D eigenvalue weighted by atomic mass is 15.1. The first kappa shape index (κ1) is 16.7. The summed E-state index contributed by atoms with van der Waals surface area (Å²) in [6, 6.07) is 12.9. The van der Waals surface area contributed by atoms with E-state index in [2.05, 4.69) is 73.8 Å². The maximum Gasteiger partial charge on any atom is 0.141 e. The average Bonchev–Trinajstić information content (AvgIpc) is 2.91. The number of rotatable bonds is 5. The molecule has 3 aromatic rings. The number of benzene rings is 2. The van der Waals surface area contributed by atoms with Gasteiger partial charge >= 0.3 is 0 Å². The smallest absolute Gasteiger partial charge is 0.141 e. The summed E-state index contributed by atoms with van der Waals surface area (Å²) in [6.07, 6.45) is 0. The van der Waals surface area contributed by atoms with Crippen molar-refractivity contribution < 1.29 is 0 Å². The van der Waals surface area contributed by atoms with E-state index in [0.29, 0.717) is 6.54 Å². The fourth-order valence-electron chi connectivity index (χ4n) is 2.92. The summed E-state index contributed by atoms with van der Waals surface area (Å²) in [6.45, 7) is 6.76. The van der Waals surface area contributed by atoms with Gasteiger partial charge in [0.15, 0.2) is 0 Å². The number of likely N-dealkylation sites (N-methyl/N-ethyl adjacent to an activating group) is 1. The molecule has 0 aliphatic heterocycles. The van der Waals surface area contributed by atoms with E-state index >= 15 is 0 Å². The Morgan fingerprint density at radius 1 is 1.04 bits per heavy atom. The summed E-state index contributed by atoms with van der Waals surface area (Å²) in [5, 5.41) is 0. The topological polar surface area (TPSA) is 47.1 Å². The molecule has 0 unspecified atom stereocenters. The van der Waals surface area contributed by atoms with E-state index in [9.17, 15) is 0 Å². The van der Waals surface area contributed by atoms with Gasteiger partial charge in [-0.15, -0.1) is 0 Å². The van der Waals surface area contributed by atoms with Gasteiger partial charge in [0.05, 0.1) is 11.0 Å². The van der Waals surface area contributed by atoms with Crippen molar-refractivity contribution in [1.29, 1.82) is 0 Å². The van der Waals surface area contributed by atoms with Crippen LogP contribution in [0.5, 0.6) is 0 Å². The Hall–Kier alpha value is -2.17. The van der Waals surface area contributed by atoms with Gasteiger partial charge in [0, 0.05) is 25.2 Å². The van der Waals surface area contributed by atoms with Crippen LogP contribution in [0.15, 0.2) is 36.4 Å². The normalized spacial score (nSPS) is 11.6. The van der Waals surface area contributed by atoms with Crippen LogP contribution in [0.1, 0.15) is 16.7 Å². The minimum Gasteiger partial charge on any atom is -0.326 e. The Morgan fingerprint density at radius 2 is 1.71 bits per heavy atom. The summed E-state index contributed by atoms with van der Waals surface area (Å²) in [7, 11) is 4.20. The van der Waals surface area contributed by atoms with E-state index in [1.807, 2.05) is 0 Å². The van der Waals surface area contributed by atoms with E-state index < -0.39 is 0 Å². The lowest BCUT2D eigenvalue weighted by Gasteiger charge is -2.14. The monoisotopic (exact) mass is 322 g/mol. The number of aryl methyl sites for hydroxylation is 2. The molecule has 0 radical (unpaired) electrons. The SMILES string of the molecule is Cc1cc2nc(-c3ccc(CN)cc3)n(CCN(C)C)c2cc1C. The predicted octanol–water partition coefficient (Wildman–Crippen LogP) is 3.34. The van der Waals surface area contributed by atoms with Gasteiger partial charge < -0.3 is 15.2 Å². The molecule has 0 aliphatic rings. The molecule has 3 rings (SSSR count). The average molecular weight is 322 g/mol. The summed E-state index contributed by atoms with van der Waals surface area (Å²) in [4.78, 5) is 7.13. The zero-order valence-electron chi connectivity index (χ0n) is 15.0. The highest BCUT2D eigenvalue weighted by Crippen LogP contribution is 2.27. The van der Waals surface area contributed by atoms with Gasteiger partial charge in [0.1, 0.15) is 5.82 Å². The predicted molar refractivity (Wildman–Crippen MR) is 101 cm³/mol. The second-order valence-electron chi connectivity index (χ2n) is 6.72. The Balaban J connectivity index is 2.14. The second-order valence-corrected chi connectivity index (χ2v) is 6.72. The molecule has 126 valence electrons. The van der Waals surface area contributed by atoms with Crippen molar-refractivity contribution in [3.63, 3.8) is 0 Å². The highest BCUT2D eigenvalue weighted by molar-refractivity contribution is 5.82. The third kappa shape index (κ3) is 3.21. The number of aromatic nitrogens is 2. The van der Waals surface area contributed by atoms with Crippen molar-refractivity contribution in [3.8, 4) is 11.4 Å². The molecule has 1 aromatic heterocycles. The van der Waals surface area contributed by atoms with Gasteiger partial charge in [0.2, 0.25) is 0 Å². The van der Waals surface area contributed by atoms with E-state index in [0.717, 1.165) is 35.6 Å². The number of nitrogens with two attached hydrogens (primary N) is 1. The van der Waals surface area contributed by atoms with E-state index in [1.165, 1.54) is 16.6 Å². The van der Waals surface area contributed by atoms with Gasteiger partial charge in [-0.05, 0) is 56.8 Å². The molecule has 4 heteroatoms. The van der Waals surface area contributed by atoms with Gasteiger partial charge in [0.25, 0.3) is 0 Å². The first-order chi connectivity index (χ1) is 11.5. The number of hydrogen-bond acceptors (Lipinski definition) is 3. The molecule has 0 aliphatic carbocycles. The van der Waals surface area contributed by atoms with Crippen LogP contribution in [0.3, 0.4) is 0 Å². The number of fused-ring (bicyclic) bond motifs is 1. The van der Waals surface area contributed by atoms with E-state index in [4.69, 9.17) is 10.7 Å². The molecule has 0 bridgehead atoms. The van der Waals surface area contributed by atoms with Crippen LogP contribution in [0.2, 0.25) is 0 Å². The first-order valence-electron chi connectivity index (χ1n) is 8.41. The molecule has 0 atom stereocenters. The van der Waals surface area contributed by atoms with Crippen molar-refractivity contribution in [2.75, 3.05) is 20.6 Å². The Morgan fingerprint density at radius 3 is 2.33 bits per heavy atom. The number of hydrogen-bond donors (Lipinski definition) is 1. The molecular weight excluding hydrogens is 296 g/mol. The summed E-state index contributed by atoms with van der Waals surface area (Å²) >= 11 is 0. The quantitative estimate of drug-likeness (QED) is 0.784. The third-order valence-corrected chi connectivity index (χ3v) is 4.58. The molecule has 1 heterocycles. The number of imidazole rings is 1. The molecule has 0 spiro atoms. The number of nitrogens with zero attached hydrogens (tertiary/aromatic N) is 3. The molecule has 0 saturated heterocycles. The molecule has 4 nitrogen and oxygen atoms in total. The van der Waals surface area contributed by atoms with E-state index in [-0.39, 0.29) is 0 Å². The van der Waals surface area contributed by atoms with Gasteiger partial charge in [-0.3, -0.25) is 0 Å². The fourth-order valence-corrected chi connectivity index (χ4v) is 2.92. The fraction of sp³-hybridized carbons (Fsp3) is 0.350. The molecular formula is C20H26N4. The maximum absolute atomic E-state index is 5.72. The van der Waals surface area contributed by atoms with Crippen molar-refractivity contribution in [3.05, 3.63) is 53.1 Å². The minimum atomic E-state index is 0.565. The van der Waals surface area contributed by atoms with Crippen molar-refractivity contribution in [1.82, 2.24) is 14.5 Å². The largest absolute Gasteiger partial charge is 0.326 e. The highest BCUT2D eigenvalue weighted by Gasteiger charge is 2.14. The summed E-state index contributed by atoms with van der Waals surface area (Å²) in [5.41, 5.74) is 12.9. The molecule has 24 heavy (non-hydrogen) atoms. The van der Waals surface area contributed by atoms with Gasteiger partial charge in [-0.1, -0.05) is 24.3 Å². The van der Waals surface area contributed by atoms with Gasteiger partial charge in [-0.25, -0.2) is 4.98 Å². The van der Waals surface area contributed by atoms with Crippen LogP contribution < -0.4 is 5.73 Å². The zero-order valence-corrected chi connectivity index (χ0v) is 15.0. The second kappa shape index (κ2) is 6.75. The zero-order chi connectivity index (χ0) is 17.3. The lowest BCUT2D eigenvalue weighted by atomic mass is 10.1. The van der Waals surface area contributed by atoms with Crippen molar-refractivity contribution in [2.45, 2.75) is 26.9 Å². The Kier molecular flexibility index (Phi) is 4.69. The Bertz CT molecular complexity index is 844. The Labute approximate surface area is 143 Å². The van der Waals surface area contributed by atoms with E-state index in [1.54, 1.807) is 0 Å². The molecule has 0 saturated carbocycles. The van der Waals surface area contributed by atoms with Crippen LogP contribution in [0, 0.1) is 13.8 Å². The lowest BCUT2D eigenvalue weighted by Crippen LogP contribution is -2.18. The third-order valence-electron chi connectivity index (χ3n) is 4.58. The van der Waals surface area contributed by atoms with Crippen LogP contribution >= 0.6 is 0 Å². The summed E-state index contributed by atoms with van der Waals surface area (Å²) in [5.74, 6) is 1.03. The lowest BCUT2D eigenvalue weighted by molar-refractivity contribution is 0.387. The summed E-state index contributed by atoms with van der Waals surface area (Å²) < 4.78 is 2.33. The maximum atomic E-state index is 5.72. The molecule has 0 amide bonds. The molecule has 2 aromatic carbocycles. The van der Waals surface area contributed by atoms with Crippen molar-refractivity contribution >= 4 is 11.0 Å². The minimum absolute atomic E-state index is 0.565. The van der Waals surface area contributed by atoms with Crippen LogP contribution in [0.25, 0.3) is 22.4 Å². The van der Waals surface area contributed by atoms with Crippen LogP contribution in [-0.4, -0.2) is 35.1 Å². The molecule has 0 fully saturated rings. The molecule has 2 N–H and O–H groups in total. The van der Waals surface area contributed by atoms with Crippen molar-refractivity contribution in [2.24, 2.45) is 5.73 Å². The van der Waals surface area contributed by atoms with Crippen LogP contribution in [0.4, 0.5) is 0 Å². The van der Waals surface area contributed by atoms with Crippen LogP contribution in [-0.2, 0) is 13.1 Å². The standard InChI is InChI=1S/C20H26N4/c1-14-11-18-19(12-15(14)2)24(10-9-23(3)4)20(22-18)17-7-5-16(13-21)6-8-17/h5-8,11-12H,9-10,13,21H2,1-4H3. The van der Waals surface area contributed by atoms with Gasteiger partial charge in [-0.2, -0.15) is 0 Å². The first-order valence-corrected chi connectivity index (χ1v) is 8.41.